The third-order valence-electron chi connectivity index (χ3n) is 4.31. The summed E-state index contributed by atoms with van der Waals surface area (Å²) in [6, 6.07) is 8.03. The molecule has 0 bridgehead atoms. The Morgan fingerprint density at radius 2 is 2.27 bits per heavy atom. The van der Waals surface area contributed by atoms with Gasteiger partial charge in [-0.1, -0.05) is 13.0 Å². The first-order valence-electron chi connectivity index (χ1n) is 8.42. The van der Waals surface area contributed by atoms with Crippen LogP contribution in [0.3, 0.4) is 0 Å². The molecule has 1 amide bonds. The number of hydrogen-bond donors (Lipinski definition) is 1. The Kier molecular flexibility index (Phi) is 6.70. The summed E-state index contributed by atoms with van der Waals surface area (Å²) in [5, 5.41) is 18.5. The van der Waals surface area contributed by atoms with E-state index in [1.807, 2.05) is 11.8 Å². The van der Waals surface area contributed by atoms with E-state index in [0.717, 1.165) is 25.9 Å². The molecule has 1 unspecified atom stereocenters. The fourth-order valence-corrected chi connectivity index (χ4v) is 3.07. The van der Waals surface area contributed by atoms with Crippen molar-refractivity contribution in [2.24, 2.45) is 0 Å². The maximum atomic E-state index is 12.9. The monoisotopic (exact) mass is 379 g/mol. The van der Waals surface area contributed by atoms with Crippen LogP contribution in [0, 0.1) is 10.1 Å². The highest BCUT2D eigenvalue weighted by Crippen LogP contribution is 2.18. The molecule has 1 aromatic carbocycles. The Labute approximate surface area is 157 Å². The Hall–Kier alpha value is -2.45. The topological polar surface area (TPSA) is 93.3 Å². The highest BCUT2D eigenvalue weighted by atomic mass is 35.5. The van der Waals surface area contributed by atoms with Gasteiger partial charge in [0.25, 0.3) is 11.6 Å². The molecular formula is C17H22ClN5O3. The van der Waals surface area contributed by atoms with Crippen LogP contribution in [0.25, 0.3) is 5.69 Å². The summed E-state index contributed by atoms with van der Waals surface area (Å²) < 4.78 is 1.50. The summed E-state index contributed by atoms with van der Waals surface area (Å²) in [6.45, 7) is 4.46. The van der Waals surface area contributed by atoms with Gasteiger partial charge in [0.1, 0.15) is 0 Å². The number of nitro groups is 1. The molecule has 26 heavy (non-hydrogen) atoms. The lowest BCUT2D eigenvalue weighted by molar-refractivity contribution is -0.384. The molecule has 2 aromatic rings. The quantitative estimate of drug-likeness (QED) is 0.614. The van der Waals surface area contributed by atoms with Crippen molar-refractivity contribution in [2.45, 2.75) is 25.8 Å². The first-order chi connectivity index (χ1) is 12.1. The molecule has 1 atom stereocenters. The first kappa shape index (κ1) is 19.9. The number of halogens is 1. The van der Waals surface area contributed by atoms with Gasteiger partial charge in [-0.2, -0.15) is 5.10 Å². The summed E-state index contributed by atoms with van der Waals surface area (Å²) in [5.41, 5.74) is 0.898. The number of nitrogens with zero attached hydrogens (tertiary/aromatic N) is 4. The van der Waals surface area contributed by atoms with Crippen molar-refractivity contribution in [3.05, 3.63) is 52.3 Å². The molecule has 0 spiro atoms. The van der Waals surface area contributed by atoms with Crippen LogP contribution in [0.4, 0.5) is 5.69 Å². The van der Waals surface area contributed by atoms with E-state index in [1.54, 1.807) is 24.4 Å². The normalized spacial score (nSPS) is 16.1. The van der Waals surface area contributed by atoms with E-state index in [2.05, 4.69) is 10.4 Å². The van der Waals surface area contributed by atoms with Crippen molar-refractivity contribution in [3.63, 3.8) is 0 Å². The minimum absolute atomic E-state index is 0. The van der Waals surface area contributed by atoms with Crippen molar-refractivity contribution in [1.29, 1.82) is 0 Å². The second-order valence-electron chi connectivity index (χ2n) is 6.07. The number of nitro benzene ring substituents is 1. The number of nitrogens with one attached hydrogen (secondary N) is 1. The zero-order valence-electron chi connectivity index (χ0n) is 14.5. The maximum Gasteiger partial charge on any atom is 0.274 e. The number of rotatable bonds is 6. The number of carbonyl (C=O) groups excluding carboxylic acids is 1. The van der Waals surface area contributed by atoms with Crippen LogP contribution in [0.1, 0.15) is 30.3 Å². The minimum atomic E-state index is -0.449. The van der Waals surface area contributed by atoms with Gasteiger partial charge in [0.05, 0.1) is 10.6 Å². The van der Waals surface area contributed by atoms with Crippen molar-refractivity contribution in [3.8, 4) is 5.69 Å². The molecule has 8 nitrogen and oxygen atoms in total. The molecule has 3 rings (SSSR count). The highest BCUT2D eigenvalue weighted by molar-refractivity contribution is 5.92. The SMILES string of the molecule is CCCN(C(=O)c1ccn(-c2cccc([N+](=O)[O-])c2)n1)C1CCNC1.Cl. The smallest absolute Gasteiger partial charge is 0.274 e. The third kappa shape index (κ3) is 4.20. The van der Waals surface area contributed by atoms with E-state index >= 15 is 0 Å². The number of amides is 1. The van der Waals surface area contributed by atoms with Crippen LogP contribution in [-0.4, -0.2) is 51.2 Å². The lowest BCUT2D eigenvalue weighted by Gasteiger charge is -2.27. The van der Waals surface area contributed by atoms with Crippen LogP contribution in [0.5, 0.6) is 0 Å². The second kappa shape index (κ2) is 8.77. The summed E-state index contributed by atoms with van der Waals surface area (Å²) in [6.07, 6.45) is 3.48. The van der Waals surface area contributed by atoms with Gasteiger partial charge in [0.15, 0.2) is 5.69 Å². The molecule has 9 heteroatoms. The second-order valence-corrected chi connectivity index (χ2v) is 6.07. The van der Waals surface area contributed by atoms with E-state index in [9.17, 15) is 14.9 Å². The maximum absolute atomic E-state index is 12.9. The van der Waals surface area contributed by atoms with Crippen LogP contribution in [0.2, 0.25) is 0 Å². The standard InChI is InChI=1S/C17H21N5O3.ClH/c1-2-9-20(15-6-8-18-12-15)17(23)16-7-10-21(19-16)13-4-3-5-14(11-13)22(24)25;/h3-5,7,10-11,15,18H,2,6,8-9,12H2,1H3;1H. The lowest BCUT2D eigenvalue weighted by atomic mass is 10.2. The number of aromatic nitrogens is 2. The summed E-state index contributed by atoms with van der Waals surface area (Å²) in [4.78, 5) is 25.2. The van der Waals surface area contributed by atoms with Crippen LogP contribution >= 0.6 is 12.4 Å². The molecule has 0 aliphatic carbocycles. The van der Waals surface area contributed by atoms with E-state index in [4.69, 9.17) is 0 Å². The largest absolute Gasteiger partial charge is 0.333 e. The van der Waals surface area contributed by atoms with Gasteiger partial charge >= 0.3 is 0 Å². The summed E-state index contributed by atoms with van der Waals surface area (Å²) in [5.74, 6) is -0.0975. The molecular weight excluding hydrogens is 358 g/mol. The van der Waals surface area contributed by atoms with Crippen molar-refractivity contribution in [1.82, 2.24) is 20.0 Å². The molecule has 140 valence electrons. The number of carbonyl (C=O) groups is 1. The average molecular weight is 380 g/mol. The summed E-state index contributed by atoms with van der Waals surface area (Å²) in [7, 11) is 0. The van der Waals surface area contributed by atoms with Crippen molar-refractivity contribution < 1.29 is 9.72 Å². The number of non-ortho nitro benzene ring substituents is 1. The van der Waals surface area contributed by atoms with Gasteiger partial charge in [0.2, 0.25) is 0 Å². The van der Waals surface area contributed by atoms with E-state index in [-0.39, 0.29) is 30.0 Å². The Morgan fingerprint density at radius 1 is 1.46 bits per heavy atom. The first-order valence-corrected chi connectivity index (χ1v) is 8.42. The minimum Gasteiger partial charge on any atom is -0.333 e. The van der Waals surface area contributed by atoms with E-state index in [1.165, 1.54) is 16.8 Å². The molecule has 1 aromatic heterocycles. The number of benzene rings is 1. The average Bonchev–Trinajstić information content (AvgIpc) is 3.31. The van der Waals surface area contributed by atoms with Crippen LogP contribution in [-0.2, 0) is 0 Å². The van der Waals surface area contributed by atoms with Crippen LogP contribution in [0.15, 0.2) is 36.5 Å². The lowest BCUT2D eigenvalue weighted by Crippen LogP contribution is -2.42. The van der Waals surface area contributed by atoms with Gasteiger partial charge in [-0.15, -0.1) is 12.4 Å². The number of hydrogen-bond acceptors (Lipinski definition) is 5. The third-order valence-corrected chi connectivity index (χ3v) is 4.31. The molecule has 1 aliphatic rings. The Bertz CT molecular complexity index is 773. The zero-order valence-corrected chi connectivity index (χ0v) is 15.3. The molecule has 1 aliphatic heterocycles. The molecule has 0 radical (unpaired) electrons. The van der Waals surface area contributed by atoms with Crippen molar-refractivity contribution in [2.75, 3.05) is 19.6 Å². The molecule has 1 saturated heterocycles. The molecule has 1 fully saturated rings. The van der Waals surface area contributed by atoms with Gasteiger partial charge in [-0.25, -0.2) is 4.68 Å². The molecule has 2 heterocycles. The van der Waals surface area contributed by atoms with E-state index in [0.29, 0.717) is 17.9 Å². The summed E-state index contributed by atoms with van der Waals surface area (Å²) >= 11 is 0. The fourth-order valence-electron chi connectivity index (χ4n) is 3.07. The van der Waals surface area contributed by atoms with Gasteiger partial charge < -0.3 is 10.2 Å². The highest BCUT2D eigenvalue weighted by Gasteiger charge is 2.28. The molecule has 0 saturated carbocycles. The van der Waals surface area contributed by atoms with Crippen molar-refractivity contribution >= 4 is 24.0 Å². The zero-order chi connectivity index (χ0) is 17.8. The van der Waals surface area contributed by atoms with Crippen LogP contribution < -0.4 is 5.32 Å². The van der Waals surface area contributed by atoms with Gasteiger partial charge in [-0.05, 0) is 31.5 Å². The Balaban J connectivity index is 0.00000243. The predicted octanol–water partition coefficient (Wildman–Crippen LogP) is 2.42. The fraction of sp³-hybridized carbons (Fsp3) is 0.412. The van der Waals surface area contributed by atoms with Gasteiger partial charge in [-0.3, -0.25) is 14.9 Å². The van der Waals surface area contributed by atoms with Gasteiger partial charge in [0, 0.05) is 37.5 Å². The van der Waals surface area contributed by atoms with E-state index < -0.39 is 4.92 Å². The molecule has 1 N–H and O–H groups in total. The predicted molar refractivity (Wildman–Crippen MR) is 100 cm³/mol. The Morgan fingerprint density at radius 3 is 2.92 bits per heavy atom.